The second-order valence-electron chi connectivity index (χ2n) is 5.72. The molecule has 0 aromatic heterocycles. The van der Waals surface area contributed by atoms with Crippen LogP contribution >= 0.6 is 0 Å². The molecule has 1 aliphatic rings. The molecule has 2 N–H and O–H groups in total. The van der Waals surface area contributed by atoms with E-state index in [9.17, 15) is 19.1 Å². The fourth-order valence-electron chi connectivity index (χ4n) is 2.68. The number of likely N-dealkylation sites (N-methyl/N-ethyl adjacent to an activating group) is 1. The summed E-state index contributed by atoms with van der Waals surface area (Å²) in [4.78, 5) is 25.2. The van der Waals surface area contributed by atoms with E-state index in [-0.39, 0.29) is 25.3 Å². The molecule has 0 spiro atoms. The van der Waals surface area contributed by atoms with Gasteiger partial charge in [0.05, 0.1) is 6.54 Å². The lowest BCUT2D eigenvalue weighted by Crippen LogP contribution is -2.55. The molecular weight excluding hydrogens is 303 g/mol. The SMILES string of the molecule is CNCC(=O)N1CCC(Oc2ccc(F)cc2C)(C(=O)O)CC1. The van der Waals surface area contributed by atoms with Gasteiger partial charge in [0.1, 0.15) is 11.6 Å². The molecule has 2 rings (SSSR count). The molecule has 0 saturated carbocycles. The Hall–Kier alpha value is -2.15. The van der Waals surface area contributed by atoms with Gasteiger partial charge in [-0.1, -0.05) is 0 Å². The standard InChI is InChI=1S/C16H21FN2O4/c1-11-9-12(17)3-4-13(11)23-16(15(21)22)5-7-19(8-6-16)14(20)10-18-2/h3-4,9,18H,5-8,10H2,1-2H3,(H,21,22). The van der Waals surface area contributed by atoms with Gasteiger partial charge in [-0.15, -0.1) is 0 Å². The highest BCUT2D eigenvalue weighted by molar-refractivity contribution is 5.81. The normalized spacial score (nSPS) is 16.9. The summed E-state index contributed by atoms with van der Waals surface area (Å²) < 4.78 is 18.9. The van der Waals surface area contributed by atoms with Gasteiger partial charge in [-0.2, -0.15) is 0 Å². The molecule has 0 radical (unpaired) electrons. The van der Waals surface area contributed by atoms with Gasteiger partial charge in [0.15, 0.2) is 0 Å². The van der Waals surface area contributed by atoms with Crippen LogP contribution < -0.4 is 10.1 Å². The highest BCUT2D eigenvalue weighted by Gasteiger charge is 2.45. The first kappa shape index (κ1) is 17.2. The Morgan fingerprint density at radius 2 is 2.04 bits per heavy atom. The van der Waals surface area contributed by atoms with E-state index in [1.54, 1.807) is 18.9 Å². The van der Waals surface area contributed by atoms with Crippen LogP contribution in [-0.2, 0) is 9.59 Å². The second kappa shape index (κ2) is 6.95. The number of hydrogen-bond donors (Lipinski definition) is 2. The molecule has 0 atom stereocenters. The quantitative estimate of drug-likeness (QED) is 0.850. The number of nitrogens with one attached hydrogen (secondary N) is 1. The lowest BCUT2D eigenvalue weighted by molar-refractivity contribution is -0.161. The monoisotopic (exact) mass is 324 g/mol. The fraction of sp³-hybridized carbons (Fsp3) is 0.500. The lowest BCUT2D eigenvalue weighted by atomic mass is 9.90. The first-order valence-corrected chi connectivity index (χ1v) is 7.49. The van der Waals surface area contributed by atoms with Crippen molar-refractivity contribution in [2.24, 2.45) is 0 Å². The fourth-order valence-corrected chi connectivity index (χ4v) is 2.68. The first-order valence-electron chi connectivity index (χ1n) is 7.49. The highest BCUT2D eigenvalue weighted by Crippen LogP contribution is 2.31. The van der Waals surface area contributed by atoms with Crippen molar-refractivity contribution in [1.82, 2.24) is 10.2 Å². The third-order valence-electron chi connectivity index (χ3n) is 4.08. The Balaban J connectivity index is 2.13. The van der Waals surface area contributed by atoms with Crippen molar-refractivity contribution in [3.8, 4) is 5.75 Å². The number of aliphatic carboxylic acids is 1. The van der Waals surface area contributed by atoms with Crippen molar-refractivity contribution < 1.29 is 23.8 Å². The number of likely N-dealkylation sites (tertiary alicyclic amines) is 1. The van der Waals surface area contributed by atoms with Gasteiger partial charge in [-0.3, -0.25) is 4.79 Å². The maximum Gasteiger partial charge on any atom is 0.348 e. The number of benzene rings is 1. The average Bonchev–Trinajstić information content (AvgIpc) is 2.51. The van der Waals surface area contributed by atoms with Gasteiger partial charge >= 0.3 is 5.97 Å². The summed E-state index contributed by atoms with van der Waals surface area (Å²) in [6.07, 6.45) is 0.378. The molecule has 6 nitrogen and oxygen atoms in total. The Kier molecular flexibility index (Phi) is 5.20. The Morgan fingerprint density at radius 1 is 1.39 bits per heavy atom. The van der Waals surface area contributed by atoms with Crippen LogP contribution in [0.1, 0.15) is 18.4 Å². The smallest absolute Gasteiger partial charge is 0.348 e. The van der Waals surface area contributed by atoms with E-state index in [1.165, 1.54) is 18.2 Å². The number of hydrogen-bond acceptors (Lipinski definition) is 4. The number of piperidine rings is 1. The van der Waals surface area contributed by atoms with E-state index < -0.39 is 17.4 Å². The average molecular weight is 324 g/mol. The molecule has 7 heteroatoms. The van der Waals surface area contributed by atoms with Crippen molar-refractivity contribution in [2.45, 2.75) is 25.4 Å². The van der Waals surface area contributed by atoms with E-state index in [4.69, 9.17) is 4.74 Å². The lowest BCUT2D eigenvalue weighted by Gasteiger charge is -2.39. The first-order chi connectivity index (χ1) is 10.9. The molecule has 1 heterocycles. The van der Waals surface area contributed by atoms with Gasteiger partial charge in [-0.05, 0) is 37.7 Å². The molecular formula is C16H21FN2O4. The predicted octanol–water partition coefficient (Wildman–Crippen LogP) is 1.18. The summed E-state index contributed by atoms with van der Waals surface area (Å²) in [6, 6.07) is 3.98. The maximum atomic E-state index is 13.2. The summed E-state index contributed by atoms with van der Waals surface area (Å²) in [6.45, 7) is 2.51. The largest absolute Gasteiger partial charge is 0.478 e. The number of halogens is 1. The molecule has 1 aromatic carbocycles. The van der Waals surface area contributed by atoms with Crippen molar-refractivity contribution in [1.29, 1.82) is 0 Å². The van der Waals surface area contributed by atoms with E-state index in [0.717, 1.165) is 0 Å². The van der Waals surface area contributed by atoms with E-state index in [1.807, 2.05) is 0 Å². The molecule has 0 unspecified atom stereocenters. The number of carbonyl (C=O) groups excluding carboxylic acids is 1. The Labute approximate surface area is 134 Å². The van der Waals surface area contributed by atoms with Crippen LogP contribution in [0.2, 0.25) is 0 Å². The van der Waals surface area contributed by atoms with Gasteiger partial charge < -0.3 is 20.1 Å². The summed E-state index contributed by atoms with van der Waals surface area (Å²) in [7, 11) is 1.68. The Morgan fingerprint density at radius 3 is 2.57 bits per heavy atom. The van der Waals surface area contributed by atoms with Crippen LogP contribution in [0.5, 0.6) is 5.75 Å². The number of nitrogens with zero attached hydrogens (tertiary/aromatic N) is 1. The van der Waals surface area contributed by atoms with Crippen LogP contribution in [0.4, 0.5) is 4.39 Å². The van der Waals surface area contributed by atoms with Crippen LogP contribution in [0.15, 0.2) is 18.2 Å². The van der Waals surface area contributed by atoms with Gasteiger partial charge in [0.25, 0.3) is 0 Å². The minimum absolute atomic E-state index is 0.0653. The molecule has 1 amide bonds. The van der Waals surface area contributed by atoms with Gasteiger partial charge in [0.2, 0.25) is 11.5 Å². The molecule has 1 saturated heterocycles. The third-order valence-corrected chi connectivity index (χ3v) is 4.08. The number of rotatable bonds is 5. The van der Waals surface area contributed by atoms with E-state index >= 15 is 0 Å². The third kappa shape index (κ3) is 3.79. The minimum Gasteiger partial charge on any atom is -0.478 e. The zero-order valence-corrected chi connectivity index (χ0v) is 13.3. The van der Waals surface area contributed by atoms with Crippen LogP contribution in [0.25, 0.3) is 0 Å². The minimum atomic E-state index is -1.39. The number of carboxylic acid groups (broad SMARTS) is 1. The van der Waals surface area contributed by atoms with Crippen molar-refractivity contribution in [3.63, 3.8) is 0 Å². The molecule has 23 heavy (non-hydrogen) atoms. The Bertz CT molecular complexity index is 598. The number of carbonyl (C=O) groups is 2. The number of aryl methyl sites for hydroxylation is 1. The molecule has 1 aromatic rings. The molecule has 1 fully saturated rings. The number of ether oxygens (including phenoxy) is 1. The molecule has 1 aliphatic heterocycles. The van der Waals surface area contributed by atoms with Crippen LogP contribution in [0, 0.1) is 12.7 Å². The summed E-state index contributed by atoms with van der Waals surface area (Å²) in [5.74, 6) is -1.18. The zero-order chi connectivity index (χ0) is 17.0. The summed E-state index contributed by atoms with van der Waals surface area (Å²) in [5, 5.41) is 12.4. The molecule has 126 valence electrons. The van der Waals surface area contributed by atoms with Gasteiger partial charge in [0, 0.05) is 25.9 Å². The summed E-state index contributed by atoms with van der Waals surface area (Å²) in [5.41, 5.74) is -0.849. The molecule has 0 bridgehead atoms. The topological polar surface area (TPSA) is 78.9 Å². The highest BCUT2D eigenvalue weighted by atomic mass is 19.1. The number of amides is 1. The van der Waals surface area contributed by atoms with E-state index in [2.05, 4.69) is 5.32 Å². The number of carboxylic acids is 1. The van der Waals surface area contributed by atoms with Crippen molar-refractivity contribution in [2.75, 3.05) is 26.7 Å². The zero-order valence-electron chi connectivity index (χ0n) is 13.3. The maximum absolute atomic E-state index is 13.2. The second-order valence-corrected chi connectivity index (χ2v) is 5.72. The van der Waals surface area contributed by atoms with Gasteiger partial charge in [-0.25, -0.2) is 9.18 Å². The predicted molar refractivity (Wildman–Crippen MR) is 81.9 cm³/mol. The van der Waals surface area contributed by atoms with Crippen LogP contribution in [0.3, 0.4) is 0 Å². The van der Waals surface area contributed by atoms with Crippen molar-refractivity contribution in [3.05, 3.63) is 29.6 Å². The van der Waals surface area contributed by atoms with Crippen LogP contribution in [-0.4, -0.2) is 54.2 Å². The van der Waals surface area contributed by atoms with E-state index in [0.29, 0.717) is 24.4 Å². The van der Waals surface area contributed by atoms with Crippen molar-refractivity contribution >= 4 is 11.9 Å². The molecule has 0 aliphatic carbocycles. The summed E-state index contributed by atoms with van der Waals surface area (Å²) >= 11 is 0.